The van der Waals surface area contributed by atoms with Gasteiger partial charge in [0.2, 0.25) is 0 Å². The molecule has 0 saturated heterocycles. The molecule has 2 aromatic carbocycles. The lowest BCUT2D eigenvalue weighted by Gasteiger charge is -2.02. The zero-order valence-electron chi connectivity index (χ0n) is 11.1. The van der Waals surface area contributed by atoms with Crippen molar-refractivity contribution < 1.29 is 0 Å². The number of aryl methyl sites for hydroxylation is 1. The van der Waals surface area contributed by atoms with E-state index in [0.29, 0.717) is 0 Å². The van der Waals surface area contributed by atoms with E-state index in [-0.39, 0.29) is 0 Å². The molecule has 1 heterocycles. The number of hydrogen-bond donors (Lipinski definition) is 2. The highest BCUT2D eigenvalue weighted by molar-refractivity contribution is 7.16. The second-order valence-electron chi connectivity index (χ2n) is 4.54. The molecule has 20 heavy (non-hydrogen) atoms. The van der Waals surface area contributed by atoms with E-state index in [4.69, 9.17) is 5.73 Å². The molecule has 0 fully saturated rings. The first kappa shape index (κ1) is 12.7. The Kier molecular flexibility index (Phi) is 3.39. The van der Waals surface area contributed by atoms with Crippen LogP contribution in [0.25, 0.3) is 11.3 Å². The molecule has 0 bridgehead atoms. The highest BCUT2D eigenvalue weighted by Crippen LogP contribution is 2.31. The summed E-state index contributed by atoms with van der Waals surface area (Å²) < 4.78 is 0. The Hall–Kier alpha value is -2.33. The molecule has 3 nitrogen and oxygen atoms in total. The molecule has 1 aromatic heterocycles. The van der Waals surface area contributed by atoms with Crippen molar-refractivity contribution in [3.05, 3.63) is 59.5 Å². The van der Waals surface area contributed by atoms with E-state index in [1.807, 2.05) is 42.5 Å². The molecule has 0 spiro atoms. The summed E-state index contributed by atoms with van der Waals surface area (Å²) in [6, 6.07) is 17.9. The van der Waals surface area contributed by atoms with E-state index in [1.54, 1.807) is 11.3 Å². The summed E-state index contributed by atoms with van der Waals surface area (Å²) in [7, 11) is 0. The predicted octanol–water partition coefficient (Wildman–Crippen LogP) is 4.44. The quantitative estimate of drug-likeness (QED) is 0.698. The number of rotatable bonds is 3. The topological polar surface area (TPSA) is 50.9 Å². The predicted molar refractivity (Wildman–Crippen MR) is 86.4 cm³/mol. The van der Waals surface area contributed by atoms with Gasteiger partial charge in [0.05, 0.1) is 5.69 Å². The SMILES string of the molecule is Cc1sc(Nc2ccc(N)cc2)nc1-c1ccccc1. The largest absolute Gasteiger partial charge is 0.399 e. The van der Waals surface area contributed by atoms with Crippen molar-refractivity contribution in [3.8, 4) is 11.3 Å². The van der Waals surface area contributed by atoms with Crippen LogP contribution in [0.15, 0.2) is 54.6 Å². The molecule has 4 heteroatoms. The molecular weight excluding hydrogens is 266 g/mol. The summed E-state index contributed by atoms with van der Waals surface area (Å²) in [6.07, 6.45) is 0. The number of anilines is 3. The minimum absolute atomic E-state index is 0.760. The van der Waals surface area contributed by atoms with Crippen molar-refractivity contribution in [2.24, 2.45) is 0 Å². The Morgan fingerprint density at radius 1 is 1.00 bits per heavy atom. The van der Waals surface area contributed by atoms with Gasteiger partial charge in [-0.05, 0) is 31.2 Å². The number of nitrogen functional groups attached to an aromatic ring is 1. The lowest BCUT2D eigenvalue weighted by atomic mass is 10.1. The van der Waals surface area contributed by atoms with Gasteiger partial charge in [-0.2, -0.15) is 0 Å². The summed E-state index contributed by atoms with van der Waals surface area (Å²) in [5.41, 5.74) is 9.62. The van der Waals surface area contributed by atoms with E-state index in [9.17, 15) is 0 Å². The molecule has 0 aliphatic rings. The molecule has 100 valence electrons. The average molecular weight is 281 g/mol. The van der Waals surface area contributed by atoms with Crippen LogP contribution in [0.3, 0.4) is 0 Å². The lowest BCUT2D eigenvalue weighted by molar-refractivity contribution is 1.36. The second kappa shape index (κ2) is 5.35. The number of thiazole rings is 1. The Bertz CT molecular complexity index is 702. The maximum Gasteiger partial charge on any atom is 0.187 e. The molecule has 0 aliphatic carbocycles. The molecule has 3 N–H and O–H groups in total. The van der Waals surface area contributed by atoms with Gasteiger partial charge in [-0.15, -0.1) is 11.3 Å². The van der Waals surface area contributed by atoms with Crippen LogP contribution in [-0.4, -0.2) is 4.98 Å². The number of hydrogen-bond acceptors (Lipinski definition) is 4. The highest BCUT2D eigenvalue weighted by Gasteiger charge is 2.09. The summed E-state index contributed by atoms with van der Waals surface area (Å²) >= 11 is 1.65. The van der Waals surface area contributed by atoms with E-state index >= 15 is 0 Å². The Balaban J connectivity index is 1.87. The van der Waals surface area contributed by atoms with E-state index in [0.717, 1.165) is 27.8 Å². The summed E-state index contributed by atoms with van der Waals surface area (Å²) in [5, 5.41) is 4.21. The van der Waals surface area contributed by atoms with Crippen molar-refractivity contribution in [1.29, 1.82) is 0 Å². The summed E-state index contributed by atoms with van der Waals surface area (Å²) in [5.74, 6) is 0. The third-order valence-electron chi connectivity index (χ3n) is 3.01. The molecule has 0 amide bonds. The summed E-state index contributed by atoms with van der Waals surface area (Å²) in [6.45, 7) is 2.09. The number of benzene rings is 2. The molecule has 0 radical (unpaired) electrons. The van der Waals surface area contributed by atoms with Gasteiger partial charge in [0, 0.05) is 21.8 Å². The van der Waals surface area contributed by atoms with E-state index in [2.05, 4.69) is 29.4 Å². The van der Waals surface area contributed by atoms with Gasteiger partial charge >= 0.3 is 0 Å². The third kappa shape index (κ3) is 2.65. The molecule has 3 aromatic rings. The number of aromatic nitrogens is 1. The Morgan fingerprint density at radius 3 is 2.40 bits per heavy atom. The van der Waals surface area contributed by atoms with Crippen molar-refractivity contribution in [2.75, 3.05) is 11.1 Å². The molecular formula is C16H15N3S. The first-order chi connectivity index (χ1) is 9.72. The highest BCUT2D eigenvalue weighted by atomic mass is 32.1. The van der Waals surface area contributed by atoms with E-state index < -0.39 is 0 Å². The van der Waals surface area contributed by atoms with Crippen LogP contribution in [0.4, 0.5) is 16.5 Å². The fraction of sp³-hybridized carbons (Fsp3) is 0.0625. The fourth-order valence-electron chi connectivity index (χ4n) is 2.00. The minimum Gasteiger partial charge on any atom is -0.399 e. The van der Waals surface area contributed by atoms with Crippen LogP contribution in [0.1, 0.15) is 4.88 Å². The molecule has 0 aliphatic heterocycles. The normalized spacial score (nSPS) is 10.4. The average Bonchev–Trinajstić information content (AvgIpc) is 2.83. The standard InChI is InChI=1S/C16H15N3S/c1-11-15(12-5-3-2-4-6-12)19-16(20-11)18-14-9-7-13(17)8-10-14/h2-10H,17H2,1H3,(H,18,19). The molecule has 0 saturated carbocycles. The van der Waals surface area contributed by atoms with E-state index in [1.165, 1.54) is 4.88 Å². The molecule has 0 atom stereocenters. The number of nitrogens with zero attached hydrogens (tertiary/aromatic N) is 1. The van der Waals surface area contributed by atoms with Crippen LogP contribution in [-0.2, 0) is 0 Å². The van der Waals surface area contributed by atoms with Crippen LogP contribution in [0, 0.1) is 6.92 Å². The molecule has 3 rings (SSSR count). The van der Waals surface area contributed by atoms with Crippen LogP contribution < -0.4 is 11.1 Å². The first-order valence-electron chi connectivity index (χ1n) is 6.38. The smallest absolute Gasteiger partial charge is 0.187 e. The third-order valence-corrected chi connectivity index (χ3v) is 3.89. The van der Waals surface area contributed by atoms with Crippen molar-refractivity contribution >= 4 is 27.8 Å². The lowest BCUT2D eigenvalue weighted by Crippen LogP contribution is -1.90. The minimum atomic E-state index is 0.760. The Morgan fingerprint density at radius 2 is 1.70 bits per heavy atom. The molecule has 0 unspecified atom stereocenters. The number of nitrogens with one attached hydrogen (secondary N) is 1. The van der Waals surface area contributed by atoms with Crippen molar-refractivity contribution in [3.63, 3.8) is 0 Å². The maximum atomic E-state index is 5.68. The van der Waals surface area contributed by atoms with Gasteiger partial charge in [-0.1, -0.05) is 30.3 Å². The fourth-order valence-corrected chi connectivity index (χ4v) is 2.86. The van der Waals surface area contributed by atoms with Gasteiger partial charge in [0.25, 0.3) is 0 Å². The number of nitrogens with two attached hydrogens (primary N) is 1. The Labute approximate surface area is 122 Å². The zero-order chi connectivity index (χ0) is 13.9. The van der Waals surface area contributed by atoms with Crippen molar-refractivity contribution in [1.82, 2.24) is 4.98 Å². The summed E-state index contributed by atoms with van der Waals surface area (Å²) in [4.78, 5) is 5.88. The van der Waals surface area contributed by atoms with Gasteiger partial charge in [0.15, 0.2) is 5.13 Å². The van der Waals surface area contributed by atoms with Crippen LogP contribution in [0.5, 0.6) is 0 Å². The zero-order valence-corrected chi connectivity index (χ0v) is 11.9. The van der Waals surface area contributed by atoms with Gasteiger partial charge in [0.1, 0.15) is 0 Å². The monoisotopic (exact) mass is 281 g/mol. The van der Waals surface area contributed by atoms with Crippen molar-refractivity contribution in [2.45, 2.75) is 6.92 Å². The van der Waals surface area contributed by atoms with Crippen LogP contribution >= 0.6 is 11.3 Å². The van der Waals surface area contributed by atoms with Gasteiger partial charge in [-0.3, -0.25) is 0 Å². The second-order valence-corrected chi connectivity index (χ2v) is 5.74. The van der Waals surface area contributed by atoms with Gasteiger partial charge in [-0.25, -0.2) is 4.98 Å². The van der Waals surface area contributed by atoms with Gasteiger partial charge < -0.3 is 11.1 Å². The van der Waals surface area contributed by atoms with Crippen LogP contribution in [0.2, 0.25) is 0 Å². The maximum absolute atomic E-state index is 5.68. The first-order valence-corrected chi connectivity index (χ1v) is 7.19.